The molecule has 0 aliphatic carbocycles. The third kappa shape index (κ3) is 3.51. The molecule has 1 unspecified atom stereocenters. The first-order valence-corrected chi connectivity index (χ1v) is 8.70. The van der Waals surface area contributed by atoms with Crippen LogP contribution in [0.3, 0.4) is 0 Å². The van der Waals surface area contributed by atoms with Crippen molar-refractivity contribution in [3.63, 3.8) is 0 Å². The van der Waals surface area contributed by atoms with Crippen molar-refractivity contribution < 1.29 is 28.8 Å². The minimum Gasteiger partial charge on any atom is -0.444 e. The fourth-order valence-corrected chi connectivity index (χ4v) is 3.05. The lowest BCUT2D eigenvalue weighted by atomic mass is 9.90. The van der Waals surface area contributed by atoms with Gasteiger partial charge >= 0.3 is 12.1 Å². The van der Waals surface area contributed by atoms with Gasteiger partial charge in [0.25, 0.3) is 11.8 Å². The Hall–Kier alpha value is -2.90. The smallest absolute Gasteiger partial charge is 0.410 e. The lowest BCUT2D eigenvalue weighted by Gasteiger charge is -2.26. The van der Waals surface area contributed by atoms with Gasteiger partial charge in [-0.05, 0) is 46.2 Å². The van der Waals surface area contributed by atoms with E-state index in [4.69, 9.17) is 9.57 Å². The van der Waals surface area contributed by atoms with Crippen LogP contribution in [0.2, 0.25) is 0 Å². The zero-order valence-electron chi connectivity index (χ0n) is 15.8. The van der Waals surface area contributed by atoms with Gasteiger partial charge in [-0.25, -0.2) is 9.59 Å². The molecule has 1 aromatic rings. The molecule has 144 valence electrons. The first-order valence-electron chi connectivity index (χ1n) is 8.70. The number of rotatable bonds is 2. The molecule has 0 bridgehead atoms. The van der Waals surface area contributed by atoms with E-state index in [1.807, 2.05) is 0 Å². The molecule has 3 amide bonds. The molecular weight excluding hydrogens is 352 g/mol. The summed E-state index contributed by atoms with van der Waals surface area (Å²) in [6.07, 6.45) is -0.173. The number of fused-ring (bicyclic) bond motifs is 1. The Bertz CT molecular complexity index is 793. The van der Waals surface area contributed by atoms with Crippen molar-refractivity contribution in [2.45, 2.75) is 39.7 Å². The minimum atomic E-state index is -1.04. The Labute approximate surface area is 157 Å². The summed E-state index contributed by atoms with van der Waals surface area (Å²) in [6.45, 7) is 7.33. The number of hydrogen-bond donors (Lipinski definition) is 0. The van der Waals surface area contributed by atoms with Crippen LogP contribution in [0, 0.1) is 5.41 Å². The lowest BCUT2D eigenvalue weighted by Crippen LogP contribution is -2.42. The van der Waals surface area contributed by atoms with Gasteiger partial charge < -0.3 is 14.5 Å². The van der Waals surface area contributed by atoms with E-state index < -0.39 is 34.9 Å². The van der Waals surface area contributed by atoms with Crippen LogP contribution in [-0.2, 0) is 14.4 Å². The second-order valence-electron chi connectivity index (χ2n) is 8.04. The zero-order chi connectivity index (χ0) is 20.0. The normalized spacial score (nSPS) is 22.1. The van der Waals surface area contributed by atoms with Crippen LogP contribution in [0.25, 0.3) is 0 Å². The number of carbonyl (C=O) groups excluding carboxylic acids is 4. The molecular formula is C19H22N2O6. The number of carbonyl (C=O) groups is 4. The maximum atomic E-state index is 12.7. The maximum Gasteiger partial charge on any atom is 0.410 e. The summed E-state index contributed by atoms with van der Waals surface area (Å²) >= 11 is 0. The van der Waals surface area contributed by atoms with Crippen molar-refractivity contribution in [3.8, 4) is 0 Å². The monoisotopic (exact) mass is 374 g/mol. The average Bonchev–Trinajstić information content (AvgIpc) is 3.09. The number of amides is 3. The second-order valence-corrected chi connectivity index (χ2v) is 8.04. The number of ether oxygens (including phenoxy) is 1. The van der Waals surface area contributed by atoms with E-state index >= 15 is 0 Å². The Balaban J connectivity index is 1.68. The number of imide groups is 1. The second kappa shape index (κ2) is 6.37. The summed E-state index contributed by atoms with van der Waals surface area (Å²) in [7, 11) is 0. The summed E-state index contributed by atoms with van der Waals surface area (Å²) in [5.74, 6) is -2.08. The van der Waals surface area contributed by atoms with E-state index in [1.165, 1.54) is 17.0 Å². The van der Waals surface area contributed by atoms with Gasteiger partial charge in [-0.1, -0.05) is 17.2 Å². The van der Waals surface area contributed by atoms with E-state index in [2.05, 4.69) is 0 Å². The molecule has 0 spiro atoms. The third-order valence-corrected chi connectivity index (χ3v) is 4.55. The van der Waals surface area contributed by atoms with Crippen molar-refractivity contribution >= 4 is 23.9 Å². The highest BCUT2D eigenvalue weighted by Gasteiger charge is 2.48. The Morgan fingerprint density at radius 3 is 2.15 bits per heavy atom. The van der Waals surface area contributed by atoms with Crippen molar-refractivity contribution in [1.29, 1.82) is 0 Å². The molecule has 3 rings (SSSR count). The van der Waals surface area contributed by atoms with Crippen LogP contribution in [0.4, 0.5) is 4.79 Å². The van der Waals surface area contributed by atoms with Gasteiger partial charge in [0, 0.05) is 13.1 Å². The van der Waals surface area contributed by atoms with Crippen molar-refractivity contribution in [2.24, 2.45) is 5.41 Å². The molecule has 1 aromatic carbocycles. The first kappa shape index (κ1) is 18.9. The molecule has 0 N–H and O–H groups in total. The molecule has 8 heteroatoms. The highest BCUT2D eigenvalue weighted by atomic mass is 16.7. The molecule has 0 aromatic heterocycles. The predicted molar refractivity (Wildman–Crippen MR) is 93.6 cm³/mol. The number of benzene rings is 1. The molecule has 0 radical (unpaired) electrons. The molecule has 1 saturated heterocycles. The zero-order valence-corrected chi connectivity index (χ0v) is 15.8. The molecule has 27 heavy (non-hydrogen) atoms. The minimum absolute atomic E-state index is 0.0872. The summed E-state index contributed by atoms with van der Waals surface area (Å²) in [5, 5.41) is 0.494. The Kier molecular flexibility index (Phi) is 4.45. The molecule has 0 saturated carbocycles. The summed E-state index contributed by atoms with van der Waals surface area (Å²) < 4.78 is 5.32. The van der Waals surface area contributed by atoms with Gasteiger partial charge in [0.05, 0.1) is 16.5 Å². The van der Waals surface area contributed by atoms with Crippen LogP contribution in [0.1, 0.15) is 54.8 Å². The quantitative estimate of drug-likeness (QED) is 0.738. The van der Waals surface area contributed by atoms with Crippen molar-refractivity contribution in [1.82, 2.24) is 9.96 Å². The molecule has 2 aliphatic rings. The fourth-order valence-electron chi connectivity index (χ4n) is 3.05. The van der Waals surface area contributed by atoms with E-state index in [0.717, 1.165) is 0 Å². The Morgan fingerprint density at radius 1 is 1.07 bits per heavy atom. The van der Waals surface area contributed by atoms with Crippen LogP contribution < -0.4 is 0 Å². The van der Waals surface area contributed by atoms with Crippen molar-refractivity contribution in [2.75, 3.05) is 13.1 Å². The van der Waals surface area contributed by atoms with Gasteiger partial charge in [0.15, 0.2) is 0 Å². The SMILES string of the molecule is CC(C)(C)OC(=O)N1CCC(C)(C(=O)ON2C(=O)c3ccccc3C2=O)C1. The highest BCUT2D eigenvalue weighted by molar-refractivity contribution is 6.20. The standard InChI is InChI=1S/C19H22N2O6/c1-18(2,3)26-17(25)20-10-9-19(4,11-20)16(24)27-21-14(22)12-7-5-6-8-13(12)15(21)23/h5-8H,9-11H2,1-4H3. The molecule has 2 heterocycles. The van der Waals surface area contributed by atoms with E-state index in [1.54, 1.807) is 39.8 Å². The topological polar surface area (TPSA) is 93.2 Å². The van der Waals surface area contributed by atoms with Gasteiger partial charge in [0.1, 0.15) is 5.60 Å². The number of likely N-dealkylation sites (tertiary alicyclic amines) is 1. The van der Waals surface area contributed by atoms with Crippen LogP contribution in [-0.4, -0.2) is 52.5 Å². The maximum absolute atomic E-state index is 12.7. The number of hydroxylamine groups is 2. The Morgan fingerprint density at radius 2 is 1.63 bits per heavy atom. The summed E-state index contributed by atoms with van der Waals surface area (Å²) in [4.78, 5) is 56.1. The van der Waals surface area contributed by atoms with E-state index in [-0.39, 0.29) is 17.7 Å². The van der Waals surface area contributed by atoms with Crippen LogP contribution >= 0.6 is 0 Å². The lowest BCUT2D eigenvalue weighted by molar-refractivity contribution is -0.179. The van der Waals surface area contributed by atoms with E-state index in [9.17, 15) is 19.2 Å². The van der Waals surface area contributed by atoms with Gasteiger partial charge in [0.2, 0.25) is 0 Å². The number of nitrogens with zero attached hydrogens (tertiary/aromatic N) is 2. The molecule has 1 fully saturated rings. The molecule has 8 nitrogen and oxygen atoms in total. The van der Waals surface area contributed by atoms with Gasteiger partial charge in [-0.2, -0.15) is 0 Å². The van der Waals surface area contributed by atoms with Crippen LogP contribution in [0.15, 0.2) is 24.3 Å². The van der Waals surface area contributed by atoms with E-state index in [0.29, 0.717) is 18.0 Å². The summed E-state index contributed by atoms with van der Waals surface area (Å²) in [6, 6.07) is 6.27. The van der Waals surface area contributed by atoms with Crippen LogP contribution in [0.5, 0.6) is 0 Å². The largest absolute Gasteiger partial charge is 0.444 e. The number of hydrogen-bond acceptors (Lipinski definition) is 6. The molecule has 1 atom stereocenters. The van der Waals surface area contributed by atoms with Crippen molar-refractivity contribution in [3.05, 3.63) is 35.4 Å². The molecule has 2 aliphatic heterocycles. The third-order valence-electron chi connectivity index (χ3n) is 4.55. The van der Waals surface area contributed by atoms with Gasteiger partial charge in [-0.3, -0.25) is 9.59 Å². The average molecular weight is 374 g/mol. The highest BCUT2D eigenvalue weighted by Crippen LogP contribution is 2.34. The first-order chi connectivity index (χ1) is 12.5. The predicted octanol–water partition coefficient (Wildman–Crippen LogP) is 2.39. The fraction of sp³-hybridized carbons (Fsp3) is 0.474. The van der Waals surface area contributed by atoms with Gasteiger partial charge in [-0.15, -0.1) is 0 Å². The summed E-state index contributed by atoms with van der Waals surface area (Å²) in [5.41, 5.74) is -1.28.